The second-order valence-corrected chi connectivity index (χ2v) is 5.17. The largest absolute Gasteiger partial charge is 0.344 e. The fourth-order valence-corrected chi connectivity index (χ4v) is 1.56. The summed E-state index contributed by atoms with van der Waals surface area (Å²) in [6.07, 6.45) is 14.4. The molecule has 18 heavy (non-hydrogen) atoms. The normalized spacial score (nSPS) is 9.00. The van der Waals surface area contributed by atoms with Crippen LogP contribution in [0.15, 0.2) is 0 Å². The van der Waals surface area contributed by atoms with Gasteiger partial charge in [-0.15, -0.1) is 12.4 Å². The molecule has 0 aliphatic heterocycles. The molecule has 0 aromatic heterocycles. The molecule has 0 atom stereocenters. The molecular formula is C15H39ClN2. The number of rotatable bonds is 9. The van der Waals surface area contributed by atoms with Crippen LogP contribution in [0.5, 0.6) is 0 Å². The zero-order valence-electron chi connectivity index (χ0n) is 13.6. The Morgan fingerprint density at radius 1 is 0.556 bits per heavy atom. The van der Waals surface area contributed by atoms with Crippen LogP contribution in [0.2, 0.25) is 0 Å². The number of hydrogen-bond donors (Lipinski definition) is 1. The fraction of sp³-hybridized carbons (Fsp3) is 1.00. The first kappa shape index (κ1) is 26.7. The van der Waals surface area contributed by atoms with E-state index in [1.165, 1.54) is 64.2 Å². The van der Waals surface area contributed by atoms with Gasteiger partial charge in [0.15, 0.2) is 0 Å². The van der Waals surface area contributed by atoms with E-state index >= 15 is 0 Å². The Morgan fingerprint density at radius 2 is 0.722 bits per heavy atom. The first-order valence-corrected chi connectivity index (χ1v) is 7.26. The highest BCUT2D eigenvalue weighted by Gasteiger charge is 1.90. The molecule has 0 saturated carbocycles. The maximum atomic E-state index is 2.28. The van der Waals surface area contributed by atoms with E-state index in [1.807, 2.05) is 26.0 Å². The van der Waals surface area contributed by atoms with E-state index in [2.05, 4.69) is 13.8 Å². The van der Waals surface area contributed by atoms with Crippen LogP contribution in [0.3, 0.4) is 0 Å². The monoisotopic (exact) mass is 282 g/mol. The second kappa shape index (κ2) is 25.9. The zero-order chi connectivity index (χ0) is 12.6. The van der Waals surface area contributed by atoms with Gasteiger partial charge in [0.2, 0.25) is 0 Å². The van der Waals surface area contributed by atoms with Crippen molar-refractivity contribution in [2.24, 2.45) is 0 Å². The Bertz CT molecular complexity index is 95.9. The minimum atomic E-state index is 0. The molecule has 2 nitrogen and oxygen atoms in total. The van der Waals surface area contributed by atoms with Gasteiger partial charge < -0.3 is 11.1 Å². The summed E-state index contributed by atoms with van der Waals surface area (Å²) in [5.41, 5.74) is 0. The smallest absolute Gasteiger partial charge is 0.0140 e. The Morgan fingerprint density at radius 3 is 0.889 bits per heavy atom. The molecule has 0 bridgehead atoms. The summed E-state index contributed by atoms with van der Waals surface area (Å²) in [7, 11) is 6.00. The van der Waals surface area contributed by atoms with Crippen molar-refractivity contribution in [2.75, 3.05) is 21.1 Å². The molecule has 0 aliphatic carbocycles. The lowest BCUT2D eigenvalue weighted by atomic mass is 10.1. The van der Waals surface area contributed by atoms with Gasteiger partial charge in [0.05, 0.1) is 0 Å². The van der Waals surface area contributed by atoms with E-state index in [0.717, 1.165) is 0 Å². The number of halogens is 1. The molecule has 3 heteroatoms. The van der Waals surface area contributed by atoms with Gasteiger partial charge >= 0.3 is 0 Å². The van der Waals surface area contributed by atoms with E-state index in [9.17, 15) is 0 Å². The van der Waals surface area contributed by atoms with Gasteiger partial charge in [0.25, 0.3) is 0 Å². The van der Waals surface area contributed by atoms with E-state index in [4.69, 9.17) is 0 Å². The van der Waals surface area contributed by atoms with Crippen molar-refractivity contribution < 1.29 is 0 Å². The molecule has 0 heterocycles. The van der Waals surface area contributed by atoms with Gasteiger partial charge in [0.1, 0.15) is 0 Å². The van der Waals surface area contributed by atoms with Crippen molar-refractivity contribution in [3.63, 3.8) is 0 Å². The highest BCUT2D eigenvalue weighted by atomic mass is 35.5. The quantitative estimate of drug-likeness (QED) is 0.552. The van der Waals surface area contributed by atoms with Gasteiger partial charge in [-0.3, -0.25) is 0 Å². The molecular weight excluding hydrogens is 244 g/mol. The number of unbranched alkanes of at least 4 members (excludes halogenated alkanes) is 9. The molecule has 0 aromatic carbocycles. The predicted octanol–water partition coefficient (Wildman–Crippen LogP) is 5.69. The molecule has 0 aromatic rings. The van der Waals surface area contributed by atoms with E-state index in [1.54, 1.807) is 0 Å². The van der Waals surface area contributed by atoms with Crippen LogP contribution in [-0.2, 0) is 0 Å². The van der Waals surface area contributed by atoms with Crippen LogP contribution in [0.4, 0.5) is 0 Å². The van der Waals surface area contributed by atoms with Crippen LogP contribution >= 0.6 is 12.4 Å². The summed E-state index contributed by atoms with van der Waals surface area (Å²) in [5, 5.41) is 0. The topological polar surface area (TPSA) is 38.2 Å². The zero-order valence-corrected chi connectivity index (χ0v) is 14.5. The van der Waals surface area contributed by atoms with Crippen molar-refractivity contribution in [1.29, 1.82) is 0 Å². The lowest BCUT2D eigenvalue weighted by Gasteiger charge is -1.99. The van der Waals surface area contributed by atoms with Gasteiger partial charge in [-0.1, -0.05) is 78.1 Å². The van der Waals surface area contributed by atoms with Crippen LogP contribution in [-0.4, -0.2) is 26.0 Å². The summed E-state index contributed by atoms with van der Waals surface area (Å²) < 4.78 is 0. The van der Waals surface area contributed by atoms with E-state index in [0.29, 0.717) is 0 Å². The highest BCUT2D eigenvalue weighted by Crippen LogP contribution is 2.09. The third-order valence-electron chi connectivity index (χ3n) is 2.46. The maximum Gasteiger partial charge on any atom is -0.0140 e. The number of hydrogen-bond acceptors (Lipinski definition) is 2. The molecule has 0 aliphatic rings. The van der Waals surface area contributed by atoms with Crippen molar-refractivity contribution in [3.8, 4) is 0 Å². The first-order valence-electron chi connectivity index (χ1n) is 7.26. The maximum absolute atomic E-state index is 2.28. The van der Waals surface area contributed by atoms with Crippen molar-refractivity contribution >= 4 is 12.4 Å². The average molecular weight is 283 g/mol. The van der Waals surface area contributed by atoms with Crippen molar-refractivity contribution in [1.82, 2.24) is 11.1 Å². The Labute approximate surface area is 123 Å². The summed E-state index contributed by atoms with van der Waals surface area (Å²) >= 11 is 0. The molecule has 0 spiro atoms. The van der Waals surface area contributed by atoms with Crippen molar-refractivity contribution in [3.05, 3.63) is 0 Å². The molecule has 0 amide bonds. The summed E-state index contributed by atoms with van der Waals surface area (Å²) in [5.74, 6) is 0. The van der Waals surface area contributed by atoms with Gasteiger partial charge in [0, 0.05) is 0 Å². The molecule has 0 fully saturated rings. The lowest BCUT2D eigenvalue weighted by Crippen LogP contribution is -1.99. The Balaban J connectivity index is -0.000000143. The van der Waals surface area contributed by atoms with Crippen molar-refractivity contribution in [2.45, 2.75) is 78.1 Å². The first-order chi connectivity index (χ1) is 7.65. The lowest BCUT2D eigenvalue weighted by molar-refractivity contribution is 0.505. The molecule has 0 saturated heterocycles. The third-order valence-corrected chi connectivity index (χ3v) is 2.46. The van der Waals surface area contributed by atoms with Gasteiger partial charge in [-0.05, 0) is 21.1 Å². The molecule has 116 valence electrons. The standard InChI is InChI=1S/C12H26.C3H9N.ClH.H3N/c1-3-5-7-9-11-12-10-8-6-4-2;1-4(2)3;;/h3-12H2,1-2H3;1-3H3;1H;1H3. The molecule has 0 unspecified atom stereocenters. The van der Waals surface area contributed by atoms with Crippen LogP contribution in [0.25, 0.3) is 0 Å². The van der Waals surface area contributed by atoms with Crippen LogP contribution in [0, 0.1) is 0 Å². The van der Waals surface area contributed by atoms with Gasteiger partial charge in [-0.25, -0.2) is 0 Å². The Hall–Kier alpha value is 0.210. The molecule has 0 radical (unpaired) electrons. The third kappa shape index (κ3) is 44.2. The molecule has 3 N–H and O–H groups in total. The predicted molar refractivity (Wildman–Crippen MR) is 89.4 cm³/mol. The fourth-order valence-electron chi connectivity index (χ4n) is 1.56. The summed E-state index contributed by atoms with van der Waals surface area (Å²) in [6, 6.07) is 0. The minimum absolute atomic E-state index is 0. The van der Waals surface area contributed by atoms with Crippen LogP contribution < -0.4 is 6.15 Å². The molecule has 0 rings (SSSR count). The highest BCUT2D eigenvalue weighted by molar-refractivity contribution is 5.85. The Kier molecular flexibility index (Phi) is 38.5. The summed E-state index contributed by atoms with van der Waals surface area (Å²) in [4.78, 5) is 2.00. The van der Waals surface area contributed by atoms with E-state index < -0.39 is 0 Å². The second-order valence-electron chi connectivity index (χ2n) is 5.17. The van der Waals surface area contributed by atoms with Gasteiger partial charge in [-0.2, -0.15) is 0 Å². The summed E-state index contributed by atoms with van der Waals surface area (Å²) in [6.45, 7) is 4.56. The SMILES string of the molecule is CCCCCCCCCCCC.CN(C)C.Cl.N. The van der Waals surface area contributed by atoms with Crippen LogP contribution in [0.1, 0.15) is 78.1 Å². The van der Waals surface area contributed by atoms with E-state index in [-0.39, 0.29) is 18.6 Å². The average Bonchev–Trinajstić information content (AvgIpc) is 2.21. The number of nitrogens with zero attached hydrogens (tertiary/aromatic N) is 1. The minimum Gasteiger partial charge on any atom is -0.344 e.